The highest BCUT2D eigenvalue weighted by atomic mass is 35.5. The first-order valence-electron chi connectivity index (χ1n) is 5.52. The first kappa shape index (κ1) is 13.3. The number of carbonyl (C=O) groups is 1. The molecular weight excluding hydrogens is 274 g/mol. The maximum Gasteiger partial charge on any atom is 0.327 e. The van der Waals surface area contributed by atoms with E-state index in [1.54, 1.807) is 4.40 Å². The molecule has 0 aliphatic rings. The van der Waals surface area contributed by atoms with Crippen molar-refractivity contribution < 1.29 is 9.90 Å². The summed E-state index contributed by atoms with van der Waals surface area (Å²) < 4.78 is 1.79. The van der Waals surface area contributed by atoms with Crippen LogP contribution in [0.25, 0.3) is 4.96 Å². The van der Waals surface area contributed by atoms with E-state index in [1.165, 1.54) is 11.3 Å². The van der Waals surface area contributed by atoms with Gasteiger partial charge >= 0.3 is 5.97 Å². The van der Waals surface area contributed by atoms with E-state index in [9.17, 15) is 9.90 Å². The highest BCUT2D eigenvalue weighted by Gasteiger charge is 2.28. The molecule has 2 aromatic heterocycles. The summed E-state index contributed by atoms with van der Waals surface area (Å²) >= 11 is 7.52. The lowest BCUT2D eigenvalue weighted by molar-refractivity contribution is -0.140. The number of thiazole rings is 1. The number of nitrogens with zero attached hydrogens (tertiary/aromatic N) is 2. The van der Waals surface area contributed by atoms with Crippen LogP contribution in [-0.4, -0.2) is 26.5 Å². The Balaban J connectivity index is 2.58. The average molecular weight is 288 g/mol. The topological polar surface area (TPSA) is 66.6 Å². The molecule has 0 aliphatic carbocycles. The molecule has 2 N–H and O–H groups in total. The maximum atomic E-state index is 11.4. The van der Waals surface area contributed by atoms with Gasteiger partial charge in [0.1, 0.15) is 0 Å². The zero-order valence-corrected chi connectivity index (χ0v) is 11.8. The van der Waals surface area contributed by atoms with Gasteiger partial charge < -0.3 is 5.11 Å². The summed E-state index contributed by atoms with van der Waals surface area (Å²) in [4.78, 5) is 16.3. The van der Waals surface area contributed by atoms with E-state index in [-0.39, 0.29) is 11.2 Å². The maximum absolute atomic E-state index is 11.4. The normalized spacial score (nSPS) is 13.4. The summed E-state index contributed by atoms with van der Waals surface area (Å²) in [5.74, 6) is -0.960. The highest BCUT2D eigenvalue weighted by molar-refractivity contribution is 7.15. The van der Waals surface area contributed by atoms with Crippen molar-refractivity contribution in [2.24, 2.45) is 0 Å². The predicted molar refractivity (Wildman–Crippen MR) is 71.5 cm³/mol. The molecular formula is C11H14ClN3O2S. The Bertz CT molecular complexity index is 590. The predicted octanol–water partition coefficient (Wildman–Crippen LogP) is 2.48. The van der Waals surface area contributed by atoms with E-state index in [0.717, 1.165) is 5.69 Å². The monoisotopic (exact) mass is 287 g/mol. The van der Waals surface area contributed by atoms with Gasteiger partial charge in [0, 0.05) is 17.1 Å². The lowest BCUT2D eigenvalue weighted by Crippen LogP contribution is -2.34. The molecule has 0 saturated heterocycles. The molecule has 1 atom stereocenters. The van der Waals surface area contributed by atoms with Crippen molar-refractivity contribution in [1.82, 2.24) is 14.7 Å². The van der Waals surface area contributed by atoms with E-state index in [0.29, 0.717) is 10.7 Å². The van der Waals surface area contributed by atoms with E-state index >= 15 is 0 Å². The van der Waals surface area contributed by atoms with E-state index in [2.05, 4.69) is 10.3 Å². The fourth-order valence-corrected chi connectivity index (χ4v) is 3.04. The molecule has 5 nitrogen and oxygen atoms in total. The fraction of sp³-hybridized carbons (Fsp3) is 0.455. The van der Waals surface area contributed by atoms with Crippen LogP contribution in [0.4, 0.5) is 0 Å². The SMILES string of the molecule is Cc1csc2nc(Cl)c(C(NC(C)C)C(=O)O)n12. The van der Waals surface area contributed by atoms with Crippen molar-refractivity contribution >= 4 is 33.9 Å². The summed E-state index contributed by atoms with van der Waals surface area (Å²) in [6.45, 7) is 5.68. The van der Waals surface area contributed by atoms with Crippen LogP contribution in [0.5, 0.6) is 0 Å². The Labute approximate surface area is 113 Å². The van der Waals surface area contributed by atoms with Crippen molar-refractivity contribution in [2.75, 3.05) is 0 Å². The smallest absolute Gasteiger partial charge is 0.327 e. The van der Waals surface area contributed by atoms with Gasteiger partial charge in [-0.05, 0) is 20.8 Å². The average Bonchev–Trinajstić information content (AvgIpc) is 2.75. The number of carboxylic acids is 1. The number of hydrogen-bond donors (Lipinski definition) is 2. The van der Waals surface area contributed by atoms with Crippen molar-refractivity contribution in [3.8, 4) is 0 Å². The van der Waals surface area contributed by atoms with Gasteiger partial charge in [-0.25, -0.2) is 4.98 Å². The van der Waals surface area contributed by atoms with E-state index in [1.807, 2.05) is 26.2 Å². The standard InChI is InChI=1S/C11H14ClN3O2S/c1-5(2)13-7(10(16)17)8-9(12)14-11-15(8)6(3)4-18-11/h4-5,7,13H,1-3H3,(H,16,17). The number of aromatic nitrogens is 2. The summed E-state index contributed by atoms with van der Waals surface area (Å²) in [5, 5.41) is 14.5. The number of imidazole rings is 1. The van der Waals surface area contributed by atoms with Crippen LogP contribution in [-0.2, 0) is 4.79 Å². The third-order valence-corrected chi connectivity index (χ3v) is 3.77. The molecule has 0 spiro atoms. The van der Waals surface area contributed by atoms with Gasteiger partial charge in [0.15, 0.2) is 16.2 Å². The lowest BCUT2D eigenvalue weighted by Gasteiger charge is -2.17. The van der Waals surface area contributed by atoms with Gasteiger partial charge in [-0.3, -0.25) is 14.5 Å². The summed E-state index contributed by atoms with van der Waals surface area (Å²) in [6, 6.07) is -0.826. The van der Waals surface area contributed by atoms with Gasteiger partial charge in [-0.1, -0.05) is 11.6 Å². The van der Waals surface area contributed by atoms with Crippen molar-refractivity contribution in [3.05, 3.63) is 21.9 Å². The number of halogens is 1. The van der Waals surface area contributed by atoms with E-state index in [4.69, 9.17) is 11.6 Å². The largest absolute Gasteiger partial charge is 0.480 e. The minimum absolute atomic E-state index is 0.0339. The number of nitrogens with one attached hydrogen (secondary N) is 1. The zero-order valence-electron chi connectivity index (χ0n) is 10.3. The number of aliphatic carboxylic acids is 1. The van der Waals surface area contributed by atoms with Crippen LogP contribution < -0.4 is 5.32 Å². The van der Waals surface area contributed by atoms with Crippen LogP contribution >= 0.6 is 22.9 Å². The minimum atomic E-state index is -0.960. The summed E-state index contributed by atoms with van der Waals surface area (Å²) in [7, 11) is 0. The van der Waals surface area contributed by atoms with Gasteiger partial charge in [0.25, 0.3) is 0 Å². The molecule has 0 amide bonds. The van der Waals surface area contributed by atoms with Crippen LogP contribution in [0, 0.1) is 6.92 Å². The second kappa shape index (κ2) is 4.87. The minimum Gasteiger partial charge on any atom is -0.480 e. The van der Waals surface area contributed by atoms with Gasteiger partial charge in [-0.2, -0.15) is 0 Å². The number of rotatable bonds is 4. The molecule has 0 bridgehead atoms. The Morgan fingerprint density at radius 2 is 2.28 bits per heavy atom. The molecule has 2 heterocycles. The molecule has 98 valence electrons. The Morgan fingerprint density at radius 1 is 1.61 bits per heavy atom. The Morgan fingerprint density at radius 3 is 2.83 bits per heavy atom. The van der Waals surface area contributed by atoms with E-state index < -0.39 is 12.0 Å². The van der Waals surface area contributed by atoms with Crippen molar-refractivity contribution in [3.63, 3.8) is 0 Å². The molecule has 0 aromatic carbocycles. The fourth-order valence-electron chi connectivity index (χ4n) is 1.85. The van der Waals surface area contributed by atoms with Crippen molar-refractivity contribution in [2.45, 2.75) is 32.9 Å². The molecule has 2 rings (SSSR count). The third-order valence-electron chi connectivity index (χ3n) is 2.55. The van der Waals surface area contributed by atoms with Gasteiger partial charge in [0.2, 0.25) is 0 Å². The molecule has 0 aliphatic heterocycles. The highest BCUT2D eigenvalue weighted by Crippen LogP contribution is 2.29. The number of hydrogen-bond acceptors (Lipinski definition) is 4. The van der Waals surface area contributed by atoms with Gasteiger partial charge in [-0.15, -0.1) is 11.3 Å². The molecule has 1 unspecified atom stereocenters. The molecule has 0 radical (unpaired) electrons. The number of fused-ring (bicyclic) bond motifs is 1. The molecule has 18 heavy (non-hydrogen) atoms. The van der Waals surface area contributed by atoms with Gasteiger partial charge in [0.05, 0.1) is 5.69 Å². The first-order chi connectivity index (χ1) is 8.41. The second-order valence-corrected chi connectivity index (χ2v) is 5.57. The second-order valence-electron chi connectivity index (χ2n) is 4.38. The summed E-state index contributed by atoms with van der Waals surface area (Å²) in [5.41, 5.74) is 1.42. The molecule has 2 aromatic rings. The Hall–Kier alpha value is -1.11. The van der Waals surface area contributed by atoms with Crippen LogP contribution in [0.1, 0.15) is 31.3 Å². The molecule has 0 fully saturated rings. The quantitative estimate of drug-likeness (QED) is 0.907. The van der Waals surface area contributed by atoms with Crippen LogP contribution in [0.3, 0.4) is 0 Å². The van der Waals surface area contributed by atoms with Crippen LogP contribution in [0.15, 0.2) is 5.38 Å². The van der Waals surface area contributed by atoms with Crippen LogP contribution in [0.2, 0.25) is 5.15 Å². The Kier molecular flexibility index (Phi) is 3.61. The number of carboxylic acid groups (broad SMARTS) is 1. The first-order valence-corrected chi connectivity index (χ1v) is 6.78. The third kappa shape index (κ3) is 2.23. The zero-order chi connectivity index (χ0) is 13.4. The molecule has 0 saturated carbocycles. The molecule has 7 heteroatoms. The lowest BCUT2D eigenvalue weighted by atomic mass is 10.2. The number of aryl methyl sites for hydroxylation is 1. The summed E-state index contributed by atoms with van der Waals surface area (Å²) in [6.07, 6.45) is 0. The van der Waals surface area contributed by atoms with Crippen molar-refractivity contribution in [1.29, 1.82) is 0 Å².